The third kappa shape index (κ3) is 6.95. The standard InChI is InChI=1S/C22H22N2O6/c1-3-12-28-22(27)17-6-8-18(9-7-17)24-20(25)14-29-21(26)15(2)30-19-10-4-16(13-23)5-11-19/h4-11,15H,3,12,14H2,1-2H3,(H,24,25)/t15-/m0/s1. The number of nitrogens with zero attached hydrogens (tertiary/aromatic N) is 1. The van der Waals surface area contributed by atoms with Crippen LogP contribution in [0.4, 0.5) is 5.69 Å². The quantitative estimate of drug-likeness (QED) is 0.632. The molecule has 8 nitrogen and oxygen atoms in total. The number of nitrogens with one attached hydrogen (secondary N) is 1. The first kappa shape index (κ1) is 22.4. The van der Waals surface area contributed by atoms with Crippen molar-refractivity contribution in [1.82, 2.24) is 0 Å². The van der Waals surface area contributed by atoms with Gasteiger partial charge in [-0.15, -0.1) is 0 Å². The van der Waals surface area contributed by atoms with E-state index in [9.17, 15) is 14.4 Å². The van der Waals surface area contributed by atoms with E-state index in [1.165, 1.54) is 19.1 Å². The highest BCUT2D eigenvalue weighted by atomic mass is 16.6. The minimum atomic E-state index is -0.931. The van der Waals surface area contributed by atoms with E-state index >= 15 is 0 Å². The van der Waals surface area contributed by atoms with Gasteiger partial charge in [0.1, 0.15) is 5.75 Å². The maximum absolute atomic E-state index is 12.0. The Morgan fingerprint density at radius 2 is 1.70 bits per heavy atom. The van der Waals surface area contributed by atoms with Crippen LogP contribution >= 0.6 is 0 Å². The van der Waals surface area contributed by atoms with Gasteiger partial charge in [0.05, 0.1) is 23.8 Å². The summed E-state index contributed by atoms with van der Waals surface area (Å²) in [4.78, 5) is 35.7. The zero-order chi connectivity index (χ0) is 21.9. The number of esters is 2. The van der Waals surface area contributed by atoms with Crippen molar-refractivity contribution in [2.45, 2.75) is 26.4 Å². The van der Waals surface area contributed by atoms with E-state index in [1.807, 2.05) is 13.0 Å². The molecule has 0 radical (unpaired) electrons. The lowest BCUT2D eigenvalue weighted by Gasteiger charge is -2.14. The van der Waals surface area contributed by atoms with Crippen molar-refractivity contribution in [1.29, 1.82) is 5.26 Å². The Kier molecular flexibility index (Phi) is 8.39. The van der Waals surface area contributed by atoms with Crippen molar-refractivity contribution < 1.29 is 28.6 Å². The first-order chi connectivity index (χ1) is 14.4. The van der Waals surface area contributed by atoms with E-state index in [4.69, 9.17) is 19.5 Å². The van der Waals surface area contributed by atoms with Gasteiger partial charge in [-0.1, -0.05) is 6.92 Å². The van der Waals surface area contributed by atoms with Gasteiger partial charge in [-0.2, -0.15) is 5.26 Å². The van der Waals surface area contributed by atoms with Gasteiger partial charge in [-0.3, -0.25) is 4.79 Å². The van der Waals surface area contributed by atoms with Crippen LogP contribution in [0.25, 0.3) is 0 Å². The highest BCUT2D eigenvalue weighted by molar-refractivity contribution is 5.94. The van der Waals surface area contributed by atoms with Crippen molar-refractivity contribution in [2.24, 2.45) is 0 Å². The molecule has 0 saturated carbocycles. The van der Waals surface area contributed by atoms with Crippen LogP contribution in [0.15, 0.2) is 48.5 Å². The van der Waals surface area contributed by atoms with E-state index in [2.05, 4.69) is 5.32 Å². The van der Waals surface area contributed by atoms with Gasteiger partial charge in [-0.25, -0.2) is 9.59 Å². The van der Waals surface area contributed by atoms with Crippen LogP contribution in [0.5, 0.6) is 5.75 Å². The Morgan fingerprint density at radius 1 is 1.03 bits per heavy atom. The lowest BCUT2D eigenvalue weighted by molar-refractivity contribution is -0.153. The SMILES string of the molecule is CCCOC(=O)c1ccc(NC(=O)COC(=O)[C@H](C)Oc2ccc(C#N)cc2)cc1. The van der Waals surface area contributed by atoms with Gasteiger partial charge in [0.25, 0.3) is 5.91 Å². The maximum atomic E-state index is 12.0. The molecule has 2 aromatic rings. The number of anilines is 1. The van der Waals surface area contributed by atoms with Crippen LogP contribution in [-0.2, 0) is 19.1 Å². The molecule has 0 aliphatic heterocycles. The van der Waals surface area contributed by atoms with Gasteiger partial charge in [-0.05, 0) is 61.9 Å². The van der Waals surface area contributed by atoms with Crippen molar-refractivity contribution in [3.05, 3.63) is 59.7 Å². The molecule has 8 heteroatoms. The minimum absolute atomic E-state index is 0.343. The number of hydrogen-bond donors (Lipinski definition) is 1. The Bertz CT molecular complexity index is 916. The molecular weight excluding hydrogens is 388 g/mol. The lowest BCUT2D eigenvalue weighted by Crippen LogP contribution is -2.29. The summed E-state index contributed by atoms with van der Waals surface area (Å²) in [5.74, 6) is -1.26. The molecule has 156 valence electrons. The number of carbonyl (C=O) groups is 3. The third-order valence-electron chi connectivity index (χ3n) is 3.82. The molecule has 2 aromatic carbocycles. The summed E-state index contributed by atoms with van der Waals surface area (Å²) >= 11 is 0. The zero-order valence-electron chi connectivity index (χ0n) is 16.7. The number of nitriles is 1. The fourth-order valence-electron chi connectivity index (χ4n) is 2.28. The molecular formula is C22H22N2O6. The van der Waals surface area contributed by atoms with Gasteiger partial charge in [0.15, 0.2) is 12.7 Å². The van der Waals surface area contributed by atoms with Crippen LogP contribution in [-0.4, -0.2) is 37.2 Å². The van der Waals surface area contributed by atoms with Crippen molar-refractivity contribution in [2.75, 3.05) is 18.5 Å². The van der Waals surface area contributed by atoms with Gasteiger partial charge < -0.3 is 19.5 Å². The van der Waals surface area contributed by atoms with E-state index in [1.54, 1.807) is 36.4 Å². The molecule has 0 aliphatic carbocycles. The molecule has 0 spiro atoms. The fraction of sp³-hybridized carbons (Fsp3) is 0.273. The first-order valence-electron chi connectivity index (χ1n) is 9.33. The number of hydrogen-bond acceptors (Lipinski definition) is 7. The summed E-state index contributed by atoms with van der Waals surface area (Å²) in [6.45, 7) is 3.25. The number of benzene rings is 2. The molecule has 1 amide bonds. The number of rotatable bonds is 9. The van der Waals surface area contributed by atoms with Crippen molar-refractivity contribution >= 4 is 23.5 Å². The zero-order valence-corrected chi connectivity index (χ0v) is 16.7. The van der Waals surface area contributed by atoms with Crippen LogP contribution in [0.1, 0.15) is 36.2 Å². The van der Waals surface area contributed by atoms with Crippen molar-refractivity contribution in [3.8, 4) is 11.8 Å². The second kappa shape index (κ2) is 11.2. The van der Waals surface area contributed by atoms with E-state index in [0.29, 0.717) is 29.2 Å². The molecule has 0 aliphatic rings. The minimum Gasteiger partial charge on any atom is -0.479 e. The van der Waals surface area contributed by atoms with Gasteiger partial charge >= 0.3 is 11.9 Å². The lowest BCUT2D eigenvalue weighted by atomic mass is 10.2. The smallest absolute Gasteiger partial charge is 0.347 e. The Hall–Kier alpha value is -3.86. The fourth-order valence-corrected chi connectivity index (χ4v) is 2.28. The predicted molar refractivity (Wildman–Crippen MR) is 108 cm³/mol. The predicted octanol–water partition coefficient (Wildman–Crippen LogP) is 3.07. The van der Waals surface area contributed by atoms with Gasteiger partial charge in [0, 0.05) is 5.69 Å². The van der Waals surface area contributed by atoms with Crippen LogP contribution in [0, 0.1) is 11.3 Å². The molecule has 0 heterocycles. The summed E-state index contributed by atoms with van der Waals surface area (Å²) in [5, 5.41) is 11.3. The number of amides is 1. The Labute approximate surface area is 174 Å². The highest BCUT2D eigenvalue weighted by Crippen LogP contribution is 2.14. The largest absolute Gasteiger partial charge is 0.479 e. The molecule has 30 heavy (non-hydrogen) atoms. The average molecular weight is 410 g/mol. The van der Waals surface area contributed by atoms with E-state index in [-0.39, 0.29) is 0 Å². The summed E-state index contributed by atoms with van der Waals surface area (Å²) in [5.41, 5.74) is 1.30. The normalized spacial score (nSPS) is 11.0. The molecule has 0 unspecified atom stereocenters. The molecule has 1 N–H and O–H groups in total. The number of carbonyl (C=O) groups excluding carboxylic acids is 3. The summed E-state index contributed by atoms with van der Waals surface area (Å²) in [7, 11) is 0. The summed E-state index contributed by atoms with van der Waals surface area (Å²) in [6.07, 6.45) is -0.199. The summed E-state index contributed by atoms with van der Waals surface area (Å²) < 4.78 is 15.4. The van der Waals surface area contributed by atoms with Crippen molar-refractivity contribution in [3.63, 3.8) is 0 Å². The molecule has 0 bridgehead atoms. The van der Waals surface area contributed by atoms with E-state index < -0.39 is 30.6 Å². The molecule has 2 rings (SSSR count). The molecule has 0 aromatic heterocycles. The monoisotopic (exact) mass is 410 g/mol. The molecule has 0 saturated heterocycles. The first-order valence-corrected chi connectivity index (χ1v) is 9.33. The maximum Gasteiger partial charge on any atom is 0.347 e. The van der Waals surface area contributed by atoms with Gasteiger partial charge in [0.2, 0.25) is 0 Å². The molecule has 1 atom stereocenters. The topological polar surface area (TPSA) is 115 Å². The second-order valence-electron chi connectivity index (χ2n) is 6.27. The number of ether oxygens (including phenoxy) is 3. The second-order valence-corrected chi connectivity index (χ2v) is 6.27. The van der Waals surface area contributed by atoms with Crippen LogP contribution < -0.4 is 10.1 Å². The average Bonchev–Trinajstić information content (AvgIpc) is 2.76. The van der Waals surface area contributed by atoms with Crippen LogP contribution in [0.2, 0.25) is 0 Å². The molecule has 0 fully saturated rings. The van der Waals surface area contributed by atoms with Crippen LogP contribution in [0.3, 0.4) is 0 Å². The highest BCUT2D eigenvalue weighted by Gasteiger charge is 2.18. The third-order valence-corrected chi connectivity index (χ3v) is 3.82. The Balaban J connectivity index is 1.78. The Morgan fingerprint density at radius 3 is 2.30 bits per heavy atom. The summed E-state index contributed by atoms with van der Waals surface area (Å²) in [6, 6.07) is 14.4. The van der Waals surface area contributed by atoms with E-state index in [0.717, 1.165) is 6.42 Å².